The van der Waals surface area contributed by atoms with E-state index in [0.717, 1.165) is 5.56 Å². The molecule has 1 heterocycles. The van der Waals surface area contributed by atoms with E-state index in [1.165, 1.54) is 11.1 Å². The molecule has 0 radical (unpaired) electrons. The zero-order valence-electron chi connectivity index (χ0n) is 13.0. The van der Waals surface area contributed by atoms with Gasteiger partial charge in [-0.25, -0.2) is 4.79 Å². The number of rotatable bonds is 4. The number of nitrogens with zero attached hydrogens (tertiary/aromatic N) is 1. The van der Waals surface area contributed by atoms with E-state index < -0.39 is 5.60 Å². The highest BCUT2D eigenvalue weighted by molar-refractivity contribution is 5.69. The highest BCUT2D eigenvalue weighted by Crippen LogP contribution is 2.27. The van der Waals surface area contributed by atoms with Gasteiger partial charge in [0.1, 0.15) is 5.60 Å². The summed E-state index contributed by atoms with van der Waals surface area (Å²) in [4.78, 5) is 13.9. The van der Waals surface area contributed by atoms with Gasteiger partial charge in [-0.3, -0.25) is 4.90 Å². The molecule has 114 valence electrons. The molecule has 1 aromatic rings. The van der Waals surface area contributed by atoms with Crippen LogP contribution in [-0.4, -0.2) is 23.2 Å². The predicted octanol–water partition coefficient (Wildman–Crippen LogP) is 3.64. The number of hydrogen-bond donors (Lipinski definition) is 0. The molecule has 2 rings (SSSR count). The molecular formula is C17H23NO3. The molecule has 0 atom stereocenters. The van der Waals surface area contributed by atoms with E-state index in [0.29, 0.717) is 26.3 Å². The van der Waals surface area contributed by atoms with Gasteiger partial charge in [-0.15, -0.1) is 6.58 Å². The van der Waals surface area contributed by atoms with E-state index in [2.05, 4.69) is 12.6 Å². The second-order valence-electron chi connectivity index (χ2n) is 6.20. The Bertz CT molecular complexity index is 531. The Morgan fingerprint density at radius 1 is 1.38 bits per heavy atom. The third-order valence-corrected chi connectivity index (χ3v) is 3.23. The zero-order valence-corrected chi connectivity index (χ0v) is 13.0. The lowest BCUT2D eigenvalue weighted by atomic mass is 10.0. The maximum absolute atomic E-state index is 12.2. The summed E-state index contributed by atoms with van der Waals surface area (Å²) in [5.74, 6) is 0. The van der Waals surface area contributed by atoms with Crippen molar-refractivity contribution in [3.63, 3.8) is 0 Å². The summed E-state index contributed by atoms with van der Waals surface area (Å²) in [6.07, 6.45) is 1.47. The van der Waals surface area contributed by atoms with Crippen LogP contribution in [0, 0.1) is 0 Å². The quantitative estimate of drug-likeness (QED) is 0.627. The minimum atomic E-state index is -0.470. The third kappa shape index (κ3) is 4.08. The summed E-state index contributed by atoms with van der Waals surface area (Å²) in [5, 5.41) is 0. The van der Waals surface area contributed by atoms with Crippen molar-refractivity contribution in [1.82, 2.24) is 4.90 Å². The first kappa shape index (κ1) is 15.6. The summed E-state index contributed by atoms with van der Waals surface area (Å²) in [6.45, 7) is 11.5. The molecule has 0 saturated carbocycles. The van der Waals surface area contributed by atoms with Crippen LogP contribution in [0.2, 0.25) is 0 Å². The Kier molecular flexibility index (Phi) is 4.68. The number of carbonyl (C=O) groups excluding carboxylic acids is 1. The van der Waals surface area contributed by atoms with Crippen LogP contribution < -0.4 is 0 Å². The van der Waals surface area contributed by atoms with Gasteiger partial charge in [0.05, 0.1) is 19.8 Å². The first-order valence-electron chi connectivity index (χ1n) is 7.17. The van der Waals surface area contributed by atoms with Crippen LogP contribution in [-0.2, 0) is 29.2 Å². The van der Waals surface area contributed by atoms with Crippen molar-refractivity contribution in [3.05, 3.63) is 47.5 Å². The summed E-state index contributed by atoms with van der Waals surface area (Å²) in [5.41, 5.74) is 3.00. The van der Waals surface area contributed by atoms with Crippen molar-refractivity contribution < 1.29 is 14.3 Å². The molecule has 0 fully saturated rings. The Balaban J connectivity index is 2.06. The Labute approximate surface area is 126 Å². The van der Waals surface area contributed by atoms with Crippen molar-refractivity contribution in [2.24, 2.45) is 0 Å². The van der Waals surface area contributed by atoms with Gasteiger partial charge < -0.3 is 9.47 Å². The Hall–Kier alpha value is -1.81. The van der Waals surface area contributed by atoms with Crippen LogP contribution in [0.4, 0.5) is 4.79 Å². The summed E-state index contributed by atoms with van der Waals surface area (Å²) in [7, 11) is 0. The van der Waals surface area contributed by atoms with E-state index in [1.807, 2.05) is 32.9 Å². The Morgan fingerprint density at radius 2 is 2.14 bits per heavy atom. The summed E-state index contributed by atoms with van der Waals surface area (Å²) >= 11 is 0. The monoisotopic (exact) mass is 289 g/mol. The molecule has 21 heavy (non-hydrogen) atoms. The second-order valence-corrected chi connectivity index (χ2v) is 6.20. The van der Waals surface area contributed by atoms with E-state index in [4.69, 9.17) is 9.47 Å². The van der Waals surface area contributed by atoms with Gasteiger partial charge >= 0.3 is 6.09 Å². The van der Waals surface area contributed by atoms with Crippen LogP contribution in [0.15, 0.2) is 30.9 Å². The highest BCUT2D eigenvalue weighted by Gasteiger charge is 2.28. The van der Waals surface area contributed by atoms with Crippen molar-refractivity contribution in [2.45, 2.75) is 46.1 Å². The van der Waals surface area contributed by atoms with Crippen molar-refractivity contribution >= 4 is 6.09 Å². The molecule has 1 amide bonds. The molecule has 0 N–H and O–H groups in total. The zero-order chi connectivity index (χ0) is 15.5. The SMILES string of the molecule is C=CCOCc1cccc2c1CN(C(=O)OC(C)(C)C)C2. The molecule has 0 bridgehead atoms. The number of amides is 1. The minimum Gasteiger partial charge on any atom is -0.444 e. The Morgan fingerprint density at radius 3 is 2.81 bits per heavy atom. The molecule has 4 nitrogen and oxygen atoms in total. The highest BCUT2D eigenvalue weighted by atomic mass is 16.6. The van der Waals surface area contributed by atoms with E-state index in [9.17, 15) is 4.79 Å². The smallest absolute Gasteiger partial charge is 0.410 e. The number of hydrogen-bond acceptors (Lipinski definition) is 3. The summed E-state index contributed by atoms with van der Waals surface area (Å²) in [6, 6.07) is 6.10. The fourth-order valence-electron chi connectivity index (χ4n) is 2.33. The van der Waals surface area contributed by atoms with Crippen LogP contribution in [0.3, 0.4) is 0 Å². The molecule has 1 aromatic carbocycles. The minimum absolute atomic E-state index is 0.267. The average Bonchev–Trinajstić information content (AvgIpc) is 2.82. The maximum Gasteiger partial charge on any atom is 0.410 e. The van der Waals surface area contributed by atoms with Gasteiger partial charge in [0.15, 0.2) is 0 Å². The van der Waals surface area contributed by atoms with Crippen LogP contribution in [0.5, 0.6) is 0 Å². The molecule has 0 saturated heterocycles. The fourth-order valence-corrected chi connectivity index (χ4v) is 2.33. The molecule has 0 aromatic heterocycles. The predicted molar refractivity (Wildman–Crippen MR) is 81.8 cm³/mol. The molecular weight excluding hydrogens is 266 g/mol. The van der Waals surface area contributed by atoms with Gasteiger partial charge in [-0.2, -0.15) is 0 Å². The lowest BCUT2D eigenvalue weighted by Crippen LogP contribution is -2.33. The number of ether oxygens (including phenoxy) is 2. The van der Waals surface area contributed by atoms with Crippen LogP contribution in [0.25, 0.3) is 0 Å². The van der Waals surface area contributed by atoms with Gasteiger partial charge in [0, 0.05) is 6.54 Å². The number of carbonyl (C=O) groups is 1. The van der Waals surface area contributed by atoms with Crippen LogP contribution in [0.1, 0.15) is 37.5 Å². The number of benzene rings is 1. The number of fused-ring (bicyclic) bond motifs is 1. The van der Waals surface area contributed by atoms with Crippen molar-refractivity contribution in [3.8, 4) is 0 Å². The molecule has 1 aliphatic rings. The normalized spacial score (nSPS) is 14.0. The van der Waals surface area contributed by atoms with E-state index >= 15 is 0 Å². The molecule has 0 spiro atoms. The van der Waals surface area contributed by atoms with Gasteiger partial charge in [-0.05, 0) is 37.5 Å². The van der Waals surface area contributed by atoms with Crippen molar-refractivity contribution in [1.29, 1.82) is 0 Å². The van der Waals surface area contributed by atoms with E-state index in [1.54, 1.807) is 11.0 Å². The van der Waals surface area contributed by atoms with Crippen LogP contribution >= 0.6 is 0 Å². The van der Waals surface area contributed by atoms with Crippen molar-refractivity contribution in [2.75, 3.05) is 6.61 Å². The second kappa shape index (κ2) is 6.31. The standard InChI is InChI=1S/C17H23NO3/c1-5-9-20-12-14-8-6-7-13-10-18(11-15(13)14)16(19)21-17(2,3)4/h5-8H,1,9-12H2,2-4H3. The molecule has 0 aliphatic carbocycles. The fraction of sp³-hybridized carbons (Fsp3) is 0.471. The average molecular weight is 289 g/mol. The summed E-state index contributed by atoms with van der Waals surface area (Å²) < 4.78 is 11.0. The van der Waals surface area contributed by atoms with Gasteiger partial charge in [-0.1, -0.05) is 24.3 Å². The molecule has 1 aliphatic heterocycles. The van der Waals surface area contributed by atoms with Gasteiger partial charge in [0.25, 0.3) is 0 Å². The molecule has 4 heteroatoms. The maximum atomic E-state index is 12.2. The van der Waals surface area contributed by atoms with E-state index in [-0.39, 0.29) is 6.09 Å². The topological polar surface area (TPSA) is 38.8 Å². The van der Waals surface area contributed by atoms with Gasteiger partial charge in [0.2, 0.25) is 0 Å². The first-order chi connectivity index (χ1) is 9.90. The largest absolute Gasteiger partial charge is 0.444 e. The third-order valence-electron chi connectivity index (χ3n) is 3.23. The lowest BCUT2D eigenvalue weighted by molar-refractivity contribution is 0.0241. The first-order valence-corrected chi connectivity index (χ1v) is 7.17. The lowest BCUT2D eigenvalue weighted by Gasteiger charge is -2.24. The molecule has 0 unspecified atom stereocenters.